The highest BCUT2D eigenvalue weighted by Gasteiger charge is 2.34. The zero-order valence-electron chi connectivity index (χ0n) is 11.5. The molecular weight excluding hydrogens is 360 g/mol. The van der Waals surface area contributed by atoms with E-state index < -0.39 is 10.0 Å². The zero-order chi connectivity index (χ0) is 15.5. The van der Waals surface area contributed by atoms with Crippen LogP contribution in [0.15, 0.2) is 21.6 Å². The van der Waals surface area contributed by atoms with Crippen LogP contribution in [0.2, 0.25) is 0 Å². The van der Waals surface area contributed by atoms with Gasteiger partial charge >= 0.3 is 0 Å². The average Bonchev–Trinajstić information content (AvgIpc) is 2.98. The van der Waals surface area contributed by atoms with Crippen molar-refractivity contribution in [2.24, 2.45) is 5.84 Å². The number of aliphatic hydroxyl groups is 1. The molecule has 1 aromatic heterocycles. The summed E-state index contributed by atoms with van der Waals surface area (Å²) in [6.45, 7) is -0.147. The van der Waals surface area contributed by atoms with Gasteiger partial charge in [0.05, 0.1) is 6.61 Å². The first-order valence-electron chi connectivity index (χ1n) is 6.75. The molecule has 0 saturated heterocycles. The van der Waals surface area contributed by atoms with Crippen LogP contribution >= 0.6 is 15.9 Å². The van der Waals surface area contributed by atoms with E-state index in [1.165, 1.54) is 16.6 Å². The van der Waals surface area contributed by atoms with E-state index in [9.17, 15) is 13.5 Å². The quantitative estimate of drug-likeness (QED) is 0.504. The lowest BCUT2D eigenvalue weighted by molar-refractivity contribution is 0.226. The van der Waals surface area contributed by atoms with Gasteiger partial charge in [-0.25, -0.2) is 19.2 Å². The van der Waals surface area contributed by atoms with Gasteiger partial charge in [0.1, 0.15) is 4.90 Å². The van der Waals surface area contributed by atoms with Gasteiger partial charge in [0.2, 0.25) is 10.0 Å². The zero-order valence-corrected chi connectivity index (χ0v) is 13.9. The molecule has 1 aliphatic rings. The molecule has 0 atom stereocenters. The van der Waals surface area contributed by atoms with Crippen molar-refractivity contribution in [3.63, 3.8) is 0 Å². The smallest absolute Gasteiger partial charge is 0.247 e. The van der Waals surface area contributed by atoms with Crippen LogP contribution in [0.5, 0.6) is 0 Å². The third kappa shape index (κ3) is 3.54. The van der Waals surface area contributed by atoms with E-state index in [1.54, 1.807) is 0 Å². The fraction of sp³-hybridized carbons (Fsp3) is 0.583. The van der Waals surface area contributed by atoms with Gasteiger partial charge in [0.15, 0.2) is 5.82 Å². The van der Waals surface area contributed by atoms with E-state index in [4.69, 9.17) is 5.84 Å². The standard InChI is InChI=1S/C12H19BrN4O3S/c13-9-7-11(12(16-14)15-8-9)21(19,20)17(5-6-18)10-3-1-2-4-10/h7-8,10,18H,1-6,14H2,(H,15,16). The number of anilines is 1. The largest absolute Gasteiger partial charge is 0.395 e. The highest BCUT2D eigenvalue weighted by Crippen LogP contribution is 2.31. The van der Waals surface area contributed by atoms with Crippen LogP contribution in [0, 0.1) is 0 Å². The molecule has 7 nitrogen and oxygen atoms in total. The molecule has 0 amide bonds. The van der Waals surface area contributed by atoms with E-state index in [0.717, 1.165) is 25.7 Å². The summed E-state index contributed by atoms with van der Waals surface area (Å²) >= 11 is 3.23. The molecule has 1 fully saturated rings. The van der Waals surface area contributed by atoms with Crippen LogP contribution in [0.4, 0.5) is 5.82 Å². The maximum Gasteiger partial charge on any atom is 0.247 e. The number of pyridine rings is 1. The topological polar surface area (TPSA) is 109 Å². The van der Waals surface area contributed by atoms with Crippen molar-refractivity contribution in [2.75, 3.05) is 18.6 Å². The number of aliphatic hydroxyl groups excluding tert-OH is 1. The first-order chi connectivity index (χ1) is 10.0. The molecule has 1 aliphatic carbocycles. The van der Waals surface area contributed by atoms with Gasteiger partial charge in [-0.15, -0.1) is 0 Å². The van der Waals surface area contributed by atoms with Crippen molar-refractivity contribution in [3.05, 3.63) is 16.7 Å². The van der Waals surface area contributed by atoms with Crippen molar-refractivity contribution in [2.45, 2.75) is 36.6 Å². The van der Waals surface area contributed by atoms with Crippen molar-refractivity contribution >= 4 is 31.8 Å². The molecule has 1 saturated carbocycles. The second kappa shape index (κ2) is 7.01. The van der Waals surface area contributed by atoms with Gasteiger partial charge in [-0.2, -0.15) is 4.31 Å². The molecule has 118 valence electrons. The van der Waals surface area contributed by atoms with E-state index in [0.29, 0.717) is 4.47 Å². The Kier molecular flexibility index (Phi) is 5.55. The molecule has 21 heavy (non-hydrogen) atoms. The van der Waals surface area contributed by atoms with Gasteiger partial charge < -0.3 is 10.5 Å². The average molecular weight is 379 g/mol. The second-order valence-corrected chi connectivity index (χ2v) is 7.70. The summed E-state index contributed by atoms with van der Waals surface area (Å²) in [5.41, 5.74) is 2.32. The van der Waals surface area contributed by atoms with Crippen molar-refractivity contribution < 1.29 is 13.5 Å². The SMILES string of the molecule is NNc1ncc(Br)cc1S(=O)(=O)N(CCO)C1CCCC1. The fourth-order valence-electron chi connectivity index (χ4n) is 2.64. The number of hydrogen-bond donors (Lipinski definition) is 3. The Bertz CT molecular complexity index is 590. The van der Waals surface area contributed by atoms with Crippen molar-refractivity contribution in [1.82, 2.24) is 9.29 Å². The molecule has 1 aromatic rings. The van der Waals surface area contributed by atoms with Crippen LogP contribution in [0.3, 0.4) is 0 Å². The van der Waals surface area contributed by atoms with Gasteiger partial charge in [-0.1, -0.05) is 12.8 Å². The number of nitrogens with zero attached hydrogens (tertiary/aromatic N) is 2. The summed E-state index contributed by atoms with van der Waals surface area (Å²) in [5, 5.41) is 9.22. The maximum atomic E-state index is 12.9. The molecule has 4 N–H and O–H groups in total. The van der Waals surface area contributed by atoms with Crippen molar-refractivity contribution in [3.8, 4) is 0 Å². The number of sulfonamides is 1. The minimum Gasteiger partial charge on any atom is -0.395 e. The van der Waals surface area contributed by atoms with E-state index in [-0.39, 0.29) is 29.9 Å². The highest BCUT2D eigenvalue weighted by molar-refractivity contribution is 9.10. The summed E-state index contributed by atoms with van der Waals surface area (Å²) in [7, 11) is -3.77. The van der Waals surface area contributed by atoms with E-state index in [1.807, 2.05) is 0 Å². The molecule has 0 spiro atoms. The molecular formula is C12H19BrN4O3S. The monoisotopic (exact) mass is 378 g/mol. The molecule has 0 unspecified atom stereocenters. The third-order valence-corrected chi connectivity index (χ3v) is 5.99. The molecule has 0 radical (unpaired) electrons. The number of nitrogens with one attached hydrogen (secondary N) is 1. The second-order valence-electron chi connectivity index (χ2n) is 4.92. The number of hydrogen-bond acceptors (Lipinski definition) is 6. The molecule has 0 aromatic carbocycles. The number of nitrogen functional groups attached to an aromatic ring is 1. The number of aromatic nitrogens is 1. The van der Waals surface area contributed by atoms with Gasteiger partial charge in [0.25, 0.3) is 0 Å². The summed E-state index contributed by atoms with van der Waals surface area (Å²) in [6, 6.07) is 1.39. The van der Waals surface area contributed by atoms with Crippen LogP contribution in [-0.4, -0.2) is 42.0 Å². The number of nitrogens with two attached hydrogens (primary N) is 1. The third-order valence-electron chi connectivity index (χ3n) is 3.60. The predicted molar refractivity (Wildman–Crippen MR) is 83.0 cm³/mol. The van der Waals surface area contributed by atoms with E-state index >= 15 is 0 Å². The molecule has 0 aliphatic heterocycles. The Morgan fingerprint density at radius 2 is 2.14 bits per heavy atom. The Balaban J connectivity index is 2.44. The van der Waals surface area contributed by atoms with Crippen LogP contribution in [0.25, 0.3) is 0 Å². The van der Waals surface area contributed by atoms with Crippen LogP contribution < -0.4 is 11.3 Å². The number of halogens is 1. The predicted octanol–water partition coefficient (Wildman–Crippen LogP) is 1.06. The summed E-state index contributed by atoms with van der Waals surface area (Å²) in [4.78, 5) is 3.99. The lowest BCUT2D eigenvalue weighted by Gasteiger charge is -2.28. The minimum atomic E-state index is -3.77. The van der Waals surface area contributed by atoms with Crippen LogP contribution in [-0.2, 0) is 10.0 Å². The lowest BCUT2D eigenvalue weighted by atomic mass is 10.2. The normalized spacial score (nSPS) is 16.6. The summed E-state index contributed by atoms with van der Waals surface area (Å²) in [6.07, 6.45) is 5.10. The summed E-state index contributed by atoms with van der Waals surface area (Å²) in [5.74, 6) is 5.46. The molecule has 9 heteroatoms. The Morgan fingerprint density at radius 1 is 1.48 bits per heavy atom. The van der Waals surface area contributed by atoms with Gasteiger partial charge in [-0.3, -0.25) is 0 Å². The summed E-state index contributed by atoms with van der Waals surface area (Å²) < 4.78 is 27.7. The highest BCUT2D eigenvalue weighted by atomic mass is 79.9. The lowest BCUT2D eigenvalue weighted by Crippen LogP contribution is -2.41. The van der Waals surface area contributed by atoms with E-state index in [2.05, 4.69) is 26.3 Å². The Labute approximate surface area is 132 Å². The van der Waals surface area contributed by atoms with Crippen LogP contribution in [0.1, 0.15) is 25.7 Å². The van der Waals surface area contributed by atoms with Crippen molar-refractivity contribution in [1.29, 1.82) is 0 Å². The first-order valence-corrected chi connectivity index (χ1v) is 8.99. The Hall–Kier alpha value is -0.740. The number of rotatable bonds is 6. The molecule has 1 heterocycles. The minimum absolute atomic E-state index is 0.0136. The maximum absolute atomic E-state index is 12.9. The first kappa shape index (κ1) is 16.6. The fourth-order valence-corrected chi connectivity index (χ4v) is 4.93. The van der Waals surface area contributed by atoms with Gasteiger partial charge in [0, 0.05) is 23.3 Å². The van der Waals surface area contributed by atoms with Gasteiger partial charge in [-0.05, 0) is 34.8 Å². The number of hydrazine groups is 1. The molecule has 0 bridgehead atoms. The Morgan fingerprint density at radius 3 is 2.71 bits per heavy atom. The molecule has 2 rings (SSSR count).